The Balaban J connectivity index is 2.16. The number of ether oxygens (including phenoxy) is 1. The molecule has 0 aromatic carbocycles. The molecule has 1 spiro atoms. The Bertz CT molecular complexity index is 497. The number of nitrogens with zero attached hydrogens (tertiary/aromatic N) is 1. The van der Waals surface area contributed by atoms with Crippen LogP contribution in [0.5, 0.6) is 0 Å². The summed E-state index contributed by atoms with van der Waals surface area (Å²) in [6, 6.07) is 2.37. The molecule has 19 heavy (non-hydrogen) atoms. The molecule has 0 radical (unpaired) electrons. The lowest BCUT2D eigenvalue weighted by atomic mass is 9.57. The maximum atomic E-state index is 9.60. The predicted octanol–water partition coefficient (Wildman–Crippen LogP) is 3.74. The smallest absolute Gasteiger partial charge is 0.205 e. The molecule has 2 unspecified atom stereocenters. The Labute approximate surface area is 115 Å². The molecule has 3 heteroatoms. The topological polar surface area (TPSA) is 59.0 Å². The molecular weight excluding hydrogens is 236 g/mol. The van der Waals surface area contributed by atoms with E-state index in [1.807, 2.05) is 0 Å². The Morgan fingerprint density at radius 3 is 2.79 bits per heavy atom. The Hall–Kier alpha value is -1.43. The van der Waals surface area contributed by atoms with E-state index in [2.05, 4.69) is 13.0 Å². The molecule has 3 nitrogen and oxygen atoms in total. The number of nitrogens with two attached hydrogens (primary N) is 1. The summed E-state index contributed by atoms with van der Waals surface area (Å²) in [6.45, 7) is 2.29. The van der Waals surface area contributed by atoms with Gasteiger partial charge in [-0.15, -0.1) is 0 Å². The van der Waals surface area contributed by atoms with E-state index in [1.165, 1.54) is 37.7 Å². The quantitative estimate of drug-likeness (QED) is 0.720. The summed E-state index contributed by atoms with van der Waals surface area (Å²) < 4.78 is 5.78. The largest absolute Gasteiger partial charge is 0.445 e. The van der Waals surface area contributed by atoms with Gasteiger partial charge < -0.3 is 10.5 Å². The van der Waals surface area contributed by atoms with E-state index in [0.717, 1.165) is 25.0 Å². The van der Waals surface area contributed by atoms with Gasteiger partial charge in [0.1, 0.15) is 11.8 Å². The molecule has 1 aliphatic heterocycles. The number of nitriles is 1. The van der Waals surface area contributed by atoms with Gasteiger partial charge >= 0.3 is 0 Å². The van der Waals surface area contributed by atoms with E-state index in [1.54, 1.807) is 0 Å². The minimum Gasteiger partial charge on any atom is -0.445 e. The first-order valence-electron chi connectivity index (χ1n) is 7.51. The van der Waals surface area contributed by atoms with Gasteiger partial charge in [0.15, 0.2) is 0 Å². The van der Waals surface area contributed by atoms with E-state index in [-0.39, 0.29) is 5.41 Å². The molecule has 3 aliphatic rings. The summed E-state index contributed by atoms with van der Waals surface area (Å²) >= 11 is 0. The van der Waals surface area contributed by atoms with Crippen LogP contribution in [0.15, 0.2) is 22.8 Å². The van der Waals surface area contributed by atoms with Gasteiger partial charge in [-0.2, -0.15) is 5.26 Å². The lowest BCUT2D eigenvalue weighted by Gasteiger charge is -2.48. The molecule has 1 saturated carbocycles. The lowest BCUT2D eigenvalue weighted by molar-refractivity contribution is 0.137. The number of rotatable bonds is 0. The Kier molecular flexibility index (Phi) is 3.05. The molecule has 0 aromatic rings. The average Bonchev–Trinajstić information content (AvgIpc) is 2.42. The first-order valence-corrected chi connectivity index (χ1v) is 7.51. The van der Waals surface area contributed by atoms with Crippen LogP contribution in [-0.2, 0) is 4.74 Å². The van der Waals surface area contributed by atoms with Crippen molar-refractivity contribution in [3.63, 3.8) is 0 Å². The van der Waals surface area contributed by atoms with Gasteiger partial charge in [0.05, 0.1) is 5.57 Å². The SMILES string of the molecule is CC1CCCCC12C(C#N)=C(N)OC1=C2CCCC1. The van der Waals surface area contributed by atoms with Gasteiger partial charge in [-0.3, -0.25) is 0 Å². The van der Waals surface area contributed by atoms with Crippen molar-refractivity contribution in [2.75, 3.05) is 0 Å². The van der Waals surface area contributed by atoms with Crippen LogP contribution in [-0.4, -0.2) is 0 Å². The second-order valence-corrected chi connectivity index (χ2v) is 6.18. The van der Waals surface area contributed by atoms with Crippen LogP contribution < -0.4 is 5.73 Å². The van der Waals surface area contributed by atoms with Gasteiger partial charge in [-0.05, 0) is 43.6 Å². The van der Waals surface area contributed by atoms with Crippen LogP contribution >= 0.6 is 0 Å². The van der Waals surface area contributed by atoms with Crippen LogP contribution in [0, 0.1) is 22.7 Å². The fourth-order valence-corrected chi connectivity index (χ4v) is 4.34. The van der Waals surface area contributed by atoms with Crippen LogP contribution in [0.1, 0.15) is 58.3 Å². The van der Waals surface area contributed by atoms with E-state index in [4.69, 9.17) is 10.5 Å². The van der Waals surface area contributed by atoms with Crippen molar-refractivity contribution in [2.24, 2.45) is 17.1 Å². The molecule has 2 atom stereocenters. The highest BCUT2D eigenvalue weighted by atomic mass is 16.5. The lowest BCUT2D eigenvalue weighted by Crippen LogP contribution is -2.41. The highest BCUT2D eigenvalue weighted by Gasteiger charge is 2.50. The third-order valence-corrected chi connectivity index (χ3v) is 5.29. The zero-order chi connectivity index (χ0) is 13.5. The van der Waals surface area contributed by atoms with Crippen molar-refractivity contribution < 1.29 is 4.74 Å². The second kappa shape index (κ2) is 4.59. The number of hydrogen-bond acceptors (Lipinski definition) is 3. The third kappa shape index (κ3) is 1.69. The number of hydrogen-bond donors (Lipinski definition) is 1. The summed E-state index contributed by atoms with van der Waals surface area (Å²) in [6.07, 6.45) is 9.19. The maximum absolute atomic E-state index is 9.60. The predicted molar refractivity (Wildman–Crippen MR) is 73.5 cm³/mol. The molecule has 2 N–H and O–H groups in total. The molecule has 1 fully saturated rings. The summed E-state index contributed by atoms with van der Waals surface area (Å²) in [5.74, 6) is 1.95. The van der Waals surface area contributed by atoms with Crippen molar-refractivity contribution in [1.29, 1.82) is 5.26 Å². The molecule has 0 bridgehead atoms. The highest BCUT2D eigenvalue weighted by Crippen LogP contribution is 2.57. The standard InChI is InChI=1S/C16H22N2O/c1-11-6-4-5-9-16(11)12-7-2-3-8-14(12)19-15(18)13(16)10-17/h11H,2-9,18H2,1H3. The maximum Gasteiger partial charge on any atom is 0.205 e. The van der Waals surface area contributed by atoms with E-state index >= 15 is 0 Å². The van der Waals surface area contributed by atoms with Gasteiger partial charge in [-0.25, -0.2) is 0 Å². The van der Waals surface area contributed by atoms with Crippen LogP contribution in [0.2, 0.25) is 0 Å². The van der Waals surface area contributed by atoms with E-state index in [9.17, 15) is 5.26 Å². The zero-order valence-corrected chi connectivity index (χ0v) is 11.7. The van der Waals surface area contributed by atoms with Crippen molar-refractivity contribution >= 4 is 0 Å². The monoisotopic (exact) mass is 258 g/mol. The van der Waals surface area contributed by atoms with Crippen LogP contribution in [0.3, 0.4) is 0 Å². The molecule has 102 valence electrons. The van der Waals surface area contributed by atoms with E-state index < -0.39 is 0 Å². The Morgan fingerprint density at radius 1 is 1.26 bits per heavy atom. The van der Waals surface area contributed by atoms with Gasteiger partial charge in [0, 0.05) is 11.8 Å². The van der Waals surface area contributed by atoms with Crippen LogP contribution in [0.25, 0.3) is 0 Å². The summed E-state index contributed by atoms with van der Waals surface area (Å²) in [5, 5.41) is 9.60. The minimum atomic E-state index is -0.106. The fourth-order valence-electron chi connectivity index (χ4n) is 4.34. The van der Waals surface area contributed by atoms with Crippen molar-refractivity contribution in [2.45, 2.75) is 58.3 Å². The zero-order valence-electron chi connectivity index (χ0n) is 11.7. The summed E-state index contributed by atoms with van der Waals surface area (Å²) in [4.78, 5) is 0. The minimum absolute atomic E-state index is 0.106. The van der Waals surface area contributed by atoms with Crippen molar-refractivity contribution in [3.8, 4) is 6.07 Å². The third-order valence-electron chi connectivity index (χ3n) is 5.29. The molecule has 0 saturated heterocycles. The highest BCUT2D eigenvalue weighted by molar-refractivity contribution is 5.46. The number of fused-ring (bicyclic) bond motifs is 1. The molecule has 0 aromatic heterocycles. The average molecular weight is 258 g/mol. The van der Waals surface area contributed by atoms with Crippen molar-refractivity contribution in [3.05, 3.63) is 22.8 Å². The van der Waals surface area contributed by atoms with Gasteiger partial charge in [0.2, 0.25) is 5.88 Å². The first kappa shape index (κ1) is 12.6. The summed E-state index contributed by atoms with van der Waals surface area (Å²) in [5.41, 5.74) is 8.07. The molecule has 0 amide bonds. The first-order chi connectivity index (χ1) is 9.20. The van der Waals surface area contributed by atoms with Crippen LogP contribution in [0.4, 0.5) is 0 Å². The number of allylic oxidation sites excluding steroid dienone is 3. The molecular formula is C16H22N2O. The van der Waals surface area contributed by atoms with Gasteiger partial charge in [-0.1, -0.05) is 19.8 Å². The van der Waals surface area contributed by atoms with Gasteiger partial charge in [0.25, 0.3) is 0 Å². The molecule has 1 heterocycles. The molecule has 3 rings (SSSR count). The normalized spacial score (nSPS) is 34.8. The Morgan fingerprint density at radius 2 is 2.05 bits per heavy atom. The molecule has 2 aliphatic carbocycles. The fraction of sp³-hybridized carbons (Fsp3) is 0.688. The second-order valence-electron chi connectivity index (χ2n) is 6.18. The van der Waals surface area contributed by atoms with Crippen molar-refractivity contribution in [1.82, 2.24) is 0 Å². The van der Waals surface area contributed by atoms with E-state index in [0.29, 0.717) is 17.4 Å². The summed E-state index contributed by atoms with van der Waals surface area (Å²) in [7, 11) is 0.